The Hall–Kier alpha value is -1.20. The molecule has 1 aliphatic rings. The first kappa shape index (κ1) is 10.9. The predicted molar refractivity (Wildman–Crippen MR) is 67.8 cm³/mol. The average Bonchev–Trinajstić information content (AvgIpc) is 2.73. The van der Waals surface area contributed by atoms with Crippen LogP contribution in [0, 0.1) is 6.92 Å². The van der Waals surface area contributed by atoms with Crippen LogP contribution < -0.4 is 5.56 Å². The summed E-state index contributed by atoms with van der Waals surface area (Å²) in [6, 6.07) is 0. The van der Waals surface area contributed by atoms with Gasteiger partial charge in [0.05, 0.1) is 5.39 Å². The Morgan fingerprint density at radius 1 is 1.47 bits per heavy atom. The summed E-state index contributed by atoms with van der Waals surface area (Å²) >= 11 is 1.54. The Labute approximate surface area is 103 Å². The van der Waals surface area contributed by atoms with Crippen LogP contribution in [0.25, 0.3) is 10.2 Å². The number of H-pyrrole nitrogens is 1. The van der Waals surface area contributed by atoms with E-state index in [0.29, 0.717) is 5.92 Å². The van der Waals surface area contributed by atoms with E-state index in [0.717, 1.165) is 47.7 Å². The lowest BCUT2D eigenvalue weighted by Crippen LogP contribution is -2.20. The van der Waals surface area contributed by atoms with E-state index in [-0.39, 0.29) is 5.56 Å². The van der Waals surface area contributed by atoms with Crippen molar-refractivity contribution in [3.63, 3.8) is 0 Å². The molecule has 0 atom stereocenters. The third-order valence-corrected chi connectivity index (χ3v) is 4.24. The van der Waals surface area contributed by atoms with E-state index in [1.807, 2.05) is 12.3 Å². The maximum atomic E-state index is 12.0. The number of ether oxygens (including phenoxy) is 1. The van der Waals surface area contributed by atoms with Crippen LogP contribution in [0.4, 0.5) is 0 Å². The fourth-order valence-electron chi connectivity index (χ4n) is 2.27. The highest BCUT2D eigenvalue weighted by Crippen LogP contribution is 2.26. The van der Waals surface area contributed by atoms with Crippen LogP contribution in [0.3, 0.4) is 0 Å². The summed E-state index contributed by atoms with van der Waals surface area (Å²) in [6.45, 7) is 3.47. The van der Waals surface area contributed by atoms with Gasteiger partial charge in [0.2, 0.25) is 0 Å². The van der Waals surface area contributed by atoms with E-state index in [4.69, 9.17) is 4.74 Å². The second-order valence-corrected chi connectivity index (χ2v) is 5.29. The van der Waals surface area contributed by atoms with Gasteiger partial charge >= 0.3 is 0 Å². The van der Waals surface area contributed by atoms with Crippen molar-refractivity contribution in [2.75, 3.05) is 13.2 Å². The van der Waals surface area contributed by atoms with Crippen LogP contribution in [0.5, 0.6) is 0 Å². The summed E-state index contributed by atoms with van der Waals surface area (Å²) in [4.78, 5) is 20.4. The maximum Gasteiger partial charge on any atom is 0.259 e. The van der Waals surface area contributed by atoms with Crippen LogP contribution in [0.1, 0.15) is 30.1 Å². The quantitative estimate of drug-likeness (QED) is 0.844. The Balaban J connectivity index is 2.09. The highest BCUT2D eigenvalue weighted by atomic mass is 32.1. The maximum absolute atomic E-state index is 12.0. The van der Waals surface area contributed by atoms with Crippen molar-refractivity contribution < 1.29 is 4.74 Å². The molecule has 0 spiro atoms. The van der Waals surface area contributed by atoms with Crippen LogP contribution in [0.2, 0.25) is 0 Å². The molecule has 0 saturated carbocycles. The van der Waals surface area contributed by atoms with Gasteiger partial charge in [-0.15, -0.1) is 11.3 Å². The minimum Gasteiger partial charge on any atom is -0.381 e. The van der Waals surface area contributed by atoms with Gasteiger partial charge in [-0.3, -0.25) is 4.79 Å². The van der Waals surface area contributed by atoms with Crippen molar-refractivity contribution in [1.29, 1.82) is 0 Å². The number of aromatic amines is 1. The lowest BCUT2D eigenvalue weighted by Gasteiger charge is -2.20. The third-order valence-electron chi connectivity index (χ3n) is 3.25. The molecule has 3 heterocycles. The number of hydrogen-bond donors (Lipinski definition) is 1. The molecule has 4 nitrogen and oxygen atoms in total. The molecule has 1 saturated heterocycles. The van der Waals surface area contributed by atoms with Crippen molar-refractivity contribution in [2.45, 2.75) is 25.7 Å². The fourth-order valence-corrected chi connectivity index (χ4v) is 3.20. The molecule has 1 fully saturated rings. The van der Waals surface area contributed by atoms with Gasteiger partial charge in [0, 0.05) is 19.1 Å². The van der Waals surface area contributed by atoms with E-state index in [1.54, 1.807) is 11.3 Å². The largest absolute Gasteiger partial charge is 0.381 e. The number of thiophene rings is 1. The first-order valence-electron chi connectivity index (χ1n) is 5.81. The summed E-state index contributed by atoms with van der Waals surface area (Å²) in [5.74, 6) is 1.16. The van der Waals surface area contributed by atoms with Crippen molar-refractivity contribution >= 4 is 21.6 Å². The van der Waals surface area contributed by atoms with E-state index in [2.05, 4.69) is 9.97 Å². The monoisotopic (exact) mass is 250 g/mol. The van der Waals surface area contributed by atoms with Gasteiger partial charge in [0.1, 0.15) is 10.7 Å². The number of aryl methyl sites for hydroxylation is 1. The fraction of sp³-hybridized carbons (Fsp3) is 0.500. The molecule has 1 aliphatic heterocycles. The molecule has 2 aromatic heterocycles. The van der Waals surface area contributed by atoms with Crippen LogP contribution in [-0.2, 0) is 4.74 Å². The molecule has 17 heavy (non-hydrogen) atoms. The van der Waals surface area contributed by atoms with E-state index in [1.165, 1.54) is 0 Å². The zero-order chi connectivity index (χ0) is 11.8. The van der Waals surface area contributed by atoms with Crippen LogP contribution in [0.15, 0.2) is 10.2 Å². The highest BCUT2D eigenvalue weighted by Gasteiger charge is 2.19. The normalized spacial score (nSPS) is 17.7. The second-order valence-electron chi connectivity index (χ2n) is 4.44. The number of aromatic nitrogens is 2. The molecule has 1 N–H and O–H groups in total. The van der Waals surface area contributed by atoms with Crippen LogP contribution in [-0.4, -0.2) is 23.2 Å². The van der Waals surface area contributed by atoms with Gasteiger partial charge in [-0.2, -0.15) is 0 Å². The Morgan fingerprint density at radius 2 is 2.24 bits per heavy atom. The molecular formula is C12H14N2O2S. The van der Waals surface area contributed by atoms with Gasteiger partial charge in [-0.25, -0.2) is 4.98 Å². The number of nitrogens with zero attached hydrogens (tertiary/aromatic N) is 1. The highest BCUT2D eigenvalue weighted by molar-refractivity contribution is 7.16. The molecule has 90 valence electrons. The zero-order valence-electron chi connectivity index (χ0n) is 9.66. The van der Waals surface area contributed by atoms with Crippen molar-refractivity contribution in [1.82, 2.24) is 9.97 Å². The summed E-state index contributed by atoms with van der Waals surface area (Å²) in [5, 5.41) is 2.73. The second kappa shape index (κ2) is 4.23. The molecule has 2 aromatic rings. The molecular weight excluding hydrogens is 236 g/mol. The summed E-state index contributed by atoms with van der Waals surface area (Å²) in [6.07, 6.45) is 1.89. The van der Waals surface area contributed by atoms with Crippen molar-refractivity contribution in [3.8, 4) is 0 Å². The molecule has 3 rings (SSSR count). The number of fused-ring (bicyclic) bond motifs is 1. The number of hydrogen-bond acceptors (Lipinski definition) is 4. The summed E-state index contributed by atoms with van der Waals surface area (Å²) in [5.41, 5.74) is 1.01. The average molecular weight is 250 g/mol. The molecule has 0 unspecified atom stereocenters. The van der Waals surface area contributed by atoms with Gasteiger partial charge in [-0.05, 0) is 30.7 Å². The van der Waals surface area contributed by atoms with Crippen LogP contribution >= 0.6 is 11.3 Å². The third kappa shape index (κ3) is 1.89. The van der Waals surface area contributed by atoms with E-state index in [9.17, 15) is 4.79 Å². The van der Waals surface area contributed by atoms with Gasteiger partial charge < -0.3 is 9.72 Å². The number of nitrogens with one attached hydrogen (secondary N) is 1. The molecule has 0 radical (unpaired) electrons. The van der Waals surface area contributed by atoms with Gasteiger partial charge in [-0.1, -0.05) is 0 Å². The number of rotatable bonds is 1. The van der Waals surface area contributed by atoms with E-state index >= 15 is 0 Å². The minimum atomic E-state index is -0.00441. The molecule has 0 aliphatic carbocycles. The van der Waals surface area contributed by atoms with Crippen molar-refractivity contribution in [2.24, 2.45) is 0 Å². The molecule has 0 bridgehead atoms. The standard InChI is InChI=1S/C12H14N2O2S/c1-7-6-17-12-9(7)11(15)13-10(14-12)8-2-4-16-5-3-8/h6,8H,2-5H2,1H3,(H,13,14,15). The summed E-state index contributed by atoms with van der Waals surface area (Å²) in [7, 11) is 0. The lowest BCUT2D eigenvalue weighted by molar-refractivity contribution is 0.0836. The molecule has 5 heteroatoms. The van der Waals surface area contributed by atoms with Gasteiger partial charge in [0.25, 0.3) is 5.56 Å². The Morgan fingerprint density at radius 3 is 3.00 bits per heavy atom. The van der Waals surface area contributed by atoms with Crippen molar-refractivity contribution in [3.05, 3.63) is 27.1 Å². The Bertz CT molecular complexity index is 596. The molecule has 0 amide bonds. The van der Waals surface area contributed by atoms with Gasteiger partial charge in [0.15, 0.2) is 0 Å². The van der Waals surface area contributed by atoms with E-state index < -0.39 is 0 Å². The minimum absolute atomic E-state index is 0.00441. The topological polar surface area (TPSA) is 55.0 Å². The SMILES string of the molecule is Cc1csc2nc(C3CCOCC3)[nH]c(=O)c12. The summed E-state index contributed by atoms with van der Waals surface area (Å²) < 4.78 is 5.33. The Kier molecular flexibility index (Phi) is 2.72. The first-order chi connectivity index (χ1) is 8.25. The first-order valence-corrected chi connectivity index (χ1v) is 6.69. The smallest absolute Gasteiger partial charge is 0.259 e. The lowest BCUT2D eigenvalue weighted by atomic mass is 9.99. The zero-order valence-corrected chi connectivity index (χ0v) is 10.5. The molecule has 0 aromatic carbocycles. The predicted octanol–water partition coefficient (Wildman–Crippen LogP) is 2.19.